The number of nitrogens with two attached hydrogens (primary N) is 1. The first-order valence-electron chi connectivity index (χ1n) is 7.79. The van der Waals surface area contributed by atoms with Gasteiger partial charge in [-0.1, -0.05) is 12.8 Å². The van der Waals surface area contributed by atoms with Gasteiger partial charge < -0.3 is 0 Å². The minimum absolute atomic E-state index is 0.637. The Hall–Kier alpha value is -0.0800. The molecule has 5 aliphatic carbocycles. The van der Waals surface area contributed by atoms with Crippen LogP contribution < -0.4 is 11.3 Å². The monoisotopic (exact) mass is 234 g/mol. The maximum atomic E-state index is 5.88. The SMILES string of the molecule is NNC(CC1CC1)C1C2CC3CC(C2)CC1C3. The van der Waals surface area contributed by atoms with Gasteiger partial charge in [0.25, 0.3) is 0 Å². The van der Waals surface area contributed by atoms with Gasteiger partial charge >= 0.3 is 0 Å². The van der Waals surface area contributed by atoms with Crippen LogP contribution in [0.4, 0.5) is 0 Å². The summed E-state index contributed by atoms with van der Waals surface area (Å²) in [6.07, 6.45) is 12.0. The molecule has 1 atom stereocenters. The van der Waals surface area contributed by atoms with Crippen LogP contribution in [-0.2, 0) is 0 Å². The molecule has 3 N–H and O–H groups in total. The first-order chi connectivity index (χ1) is 8.33. The lowest BCUT2D eigenvalue weighted by Crippen LogP contribution is -2.54. The average molecular weight is 234 g/mol. The lowest BCUT2D eigenvalue weighted by molar-refractivity contribution is -0.0536. The second kappa shape index (κ2) is 3.96. The van der Waals surface area contributed by atoms with Crippen LogP contribution in [0.1, 0.15) is 51.4 Å². The molecular formula is C15H26N2. The van der Waals surface area contributed by atoms with Gasteiger partial charge in [-0.25, -0.2) is 0 Å². The van der Waals surface area contributed by atoms with Crippen molar-refractivity contribution in [1.29, 1.82) is 0 Å². The van der Waals surface area contributed by atoms with E-state index >= 15 is 0 Å². The zero-order valence-electron chi connectivity index (χ0n) is 10.8. The van der Waals surface area contributed by atoms with Crippen molar-refractivity contribution in [1.82, 2.24) is 5.43 Å². The van der Waals surface area contributed by atoms with Gasteiger partial charge in [0.2, 0.25) is 0 Å². The van der Waals surface area contributed by atoms with Crippen LogP contribution in [0.2, 0.25) is 0 Å². The second-order valence-corrected chi connectivity index (χ2v) is 7.46. The molecule has 0 aromatic rings. The van der Waals surface area contributed by atoms with Crippen LogP contribution >= 0.6 is 0 Å². The molecule has 0 radical (unpaired) electrons. The molecule has 0 aliphatic heterocycles. The van der Waals surface area contributed by atoms with Crippen molar-refractivity contribution in [3.8, 4) is 0 Å². The van der Waals surface area contributed by atoms with Crippen molar-refractivity contribution >= 4 is 0 Å². The van der Waals surface area contributed by atoms with Crippen molar-refractivity contribution in [3.05, 3.63) is 0 Å². The Balaban J connectivity index is 1.51. The molecule has 0 saturated heterocycles. The Bertz CT molecular complexity index is 269. The Kier molecular flexibility index (Phi) is 2.52. The van der Waals surface area contributed by atoms with E-state index in [9.17, 15) is 0 Å². The van der Waals surface area contributed by atoms with Crippen molar-refractivity contribution in [2.75, 3.05) is 0 Å². The fraction of sp³-hybridized carbons (Fsp3) is 1.00. The van der Waals surface area contributed by atoms with Gasteiger partial charge in [-0.15, -0.1) is 0 Å². The predicted octanol–water partition coefficient (Wildman–Crippen LogP) is 2.69. The van der Waals surface area contributed by atoms with Crippen LogP contribution in [0.3, 0.4) is 0 Å². The minimum Gasteiger partial charge on any atom is -0.271 e. The lowest BCUT2D eigenvalue weighted by atomic mass is 9.50. The number of hydrogen-bond donors (Lipinski definition) is 2. The van der Waals surface area contributed by atoms with E-state index in [0.29, 0.717) is 6.04 Å². The van der Waals surface area contributed by atoms with Crippen molar-refractivity contribution in [2.45, 2.75) is 57.4 Å². The summed E-state index contributed by atoms with van der Waals surface area (Å²) in [5.41, 5.74) is 3.20. The highest BCUT2D eigenvalue weighted by molar-refractivity contribution is 5.02. The van der Waals surface area contributed by atoms with Crippen LogP contribution in [0.25, 0.3) is 0 Å². The van der Waals surface area contributed by atoms with Gasteiger partial charge in [-0.2, -0.15) is 0 Å². The van der Waals surface area contributed by atoms with E-state index in [-0.39, 0.29) is 0 Å². The molecule has 5 fully saturated rings. The molecule has 5 rings (SSSR count). The zero-order chi connectivity index (χ0) is 11.4. The molecule has 5 saturated carbocycles. The number of nitrogens with one attached hydrogen (secondary N) is 1. The molecule has 1 unspecified atom stereocenters. The summed E-state index contributed by atoms with van der Waals surface area (Å²) in [6, 6.07) is 0.637. The van der Waals surface area contributed by atoms with E-state index in [4.69, 9.17) is 5.84 Å². The standard InChI is InChI=1S/C15H26N2/c16-17-14(8-9-1-2-9)15-12-4-10-3-11(6-12)7-13(15)5-10/h9-15,17H,1-8,16H2. The third-order valence-electron chi connectivity index (χ3n) is 6.26. The maximum absolute atomic E-state index is 5.88. The smallest absolute Gasteiger partial charge is 0.0246 e. The molecule has 4 bridgehead atoms. The third-order valence-corrected chi connectivity index (χ3v) is 6.26. The Morgan fingerprint density at radius 3 is 2.00 bits per heavy atom. The van der Waals surface area contributed by atoms with E-state index in [1.165, 1.54) is 44.9 Å². The summed E-state index contributed by atoms with van der Waals surface area (Å²) in [6.45, 7) is 0. The summed E-state index contributed by atoms with van der Waals surface area (Å²) < 4.78 is 0. The highest BCUT2D eigenvalue weighted by atomic mass is 15.2. The maximum Gasteiger partial charge on any atom is 0.0246 e. The predicted molar refractivity (Wildman–Crippen MR) is 69.0 cm³/mol. The van der Waals surface area contributed by atoms with Gasteiger partial charge in [0, 0.05) is 6.04 Å². The van der Waals surface area contributed by atoms with Gasteiger partial charge in [0.15, 0.2) is 0 Å². The molecule has 0 aromatic carbocycles. The van der Waals surface area contributed by atoms with Gasteiger partial charge in [-0.05, 0) is 74.0 Å². The van der Waals surface area contributed by atoms with Crippen LogP contribution in [0, 0.1) is 35.5 Å². The third kappa shape index (κ3) is 1.84. The summed E-state index contributed by atoms with van der Waals surface area (Å²) >= 11 is 0. The first kappa shape index (κ1) is 10.8. The lowest BCUT2D eigenvalue weighted by Gasteiger charge is -2.56. The van der Waals surface area contributed by atoms with E-state index in [0.717, 1.165) is 35.5 Å². The second-order valence-electron chi connectivity index (χ2n) is 7.46. The topological polar surface area (TPSA) is 38.0 Å². The number of hydrazine groups is 1. The molecule has 0 heterocycles. The molecule has 17 heavy (non-hydrogen) atoms. The normalized spacial score (nSPS) is 49.6. The van der Waals surface area contributed by atoms with Crippen molar-refractivity contribution < 1.29 is 0 Å². The largest absolute Gasteiger partial charge is 0.271 e. The fourth-order valence-electron chi connectivity index (χ4n) is 5.67. The minimum atomic E-state index is 0.637. The Labute approximate surface area is 105 Å². The summed E-state index contributed by atoms with van der Waals surface area (Å²) in [7, 11) is 0. The molecule has 2 heteroatoms. The molecule has 0 amide bonds. The molecule has 0 aromatic heterocycles. The highest BCUT2D eigenvalue weighted by Crippen LogP contribution is 2.58. The van der Waals surface area contributed by atoms with E-state index in [1.54, 1.807) is 6.42 Å². The van der Waals surface area contributed by atoms with E-state index < -0.39 is 0 Å². The van der Waals surface area contributed by atoms with E-state index in [1.807, 2.05) is 0 Å². The summed E-state index contributed by atoms with van der Waals surface area (Å²) in [5, 5.41) is 0. The zero-order valence-corrected chi connectivity index (χ0v) is 10.8. The van der Waals surface area contributed by atoms with Crippen LogP contribution in [-0.4, -0.2) is 6.04 Å². The molecule has 96 valence electrons. The van der Waals surface area contributed by atoms with Gasteiger partial charge in [0.05, 0.1) is 0 Å². The van der Waals surface area contributed by atoms with Gasteiger partial charge in [-0.3, -0.25) is 11.3 Å². The summed E-state index contributed by atoms with van der Waals surface area (Å²) in [5.74, 6) is 12.0. The van der Waals surface area contributed by atoms with Gasteiger partial charge in [0.1, 0.15) is 0 Å². The quantitative estimate of drug-likeness (QED) is 0.580. The summed E-state index contributed by atoms with van der Waals surface area (Å²) in [4.78, 5) is 0. The number of hydrogen-bond acceptors (Lipinski definition) is 2. The highest BCUT2D eigenvalue weighted by Gasteiger charge is 2.50. The Morgan fingerprint density at radius 2 is 1.53 bits per heavy atom. The number of rotatable bonds is 4. The molecular weight excluding hydrogens is 208 g/mol. The molecule has 5 aliphatic rings. The van der Waals surface area contributed by atoms with Crippen LogP contribution in [0.5, 0.6) is 0 Å². The van der Waals surface area contributed by atoms with Crippen molar-refractivity contribution in [2.24, 2.45) is 41.4 Å². The first-order valence-corrected chi connectivity index (χ1v) is 7.79. The fourth-order valence-corrected chi connectivity index (χ4v) is 5.67. The Morgan fingerprint density at radius 1 is 0.941 bits per heavy atom. The van der Waals surface area contributed by atoms with Crippen molar-refractivity contribution in [3.63, 3.8) is 0 Å². The molecule has 0 spiro atoms. The molecule has 2 nitrogen and oxygen atoms in total. The average Bonchev–Trinajstić information content (AvgIpc) is 3.10. The van der Waals surface area contributed by atoms with Crippen LogP contribution in [0.15, 0.2) is 0 Å². The van der Waals surface area contributed by atoms with E-state index in [2.05, 4.69) is 5.43 Å².